The molecule has 0 amide bonds. The molecular weight excluding hydrogens is 184 g/mol. The minimum Gasteiger partial charge on any atom is -0.319 e. The number of nitrogens with one attached hydrogen (secondary N) is 1. The van der Waals surface area contributed by atoms with E-state index < -0.39 is 0 Å². The first kappa shape index (κ1) is 13.0. The van der Waals surface area contributed by atoms with Crippen LogP contribution in [0, 0.1) is 5.92 Å². The largest absolute Gasteiger partial charge is 0.319 e. The van der Waals surface area contributed by atoms with Gasteiger partial charge in [-0.05, 0) is 65.7 Å². The molecule has 1 heterocycles. The Morgan fingerprint density at radius 3 is 2.73 bits per heavy atom. The molecule has 1 fully saturated rings. The van der Waals surface area contributed by atoms with Gasteiger partial charge in [-0.2, -0.15) is 0 Å². The van der Waals surface area contributed by atoms with Crippen LogP contribution in [0.25, 0.3) is 0 Å². The number of likely N-dealkylation sites (tertiary alicyclic amines) is 1. The Hall–Kier alpha value is -0.0800. The topological polar surface area (TPSA) is 15.3 Å². The van der Waals surface area contributed by atoms with Gasteiger partial charge in [-0.1, -0.05) is 13.3 Å². The van der Waals surface area contributed by atoms with E-state index >= 15 is 0 Å². The lowest BCUT2D eigenvalue weighted by Gasteiger charge is -2.48. The molecule has 2 nitrogen and oxygen atoms in total. The fraction of sp³-hybridized carbons (Fsp3) is 1.00. The van der Waals surface area contributed by atoms with E-state index in [4.69, 9.17) is 0 Å². The van der Waals surface area contributed by atoms with Crippen molar-refractivity contribution in [1.82, 2.24) is 10.2 Å². The summed E-state index contributed by atoms with van der Waals surface area (Å²) >= 11 is 0. The molecule has 1 aliphatic heterocycles. The number of piperidine rings is 1. The number of rotatable bonds is 5. The molecule has 90 valence electrons. The average Bonchev–Trinajstić information content (AvgIpc) is 2.19. The highest BCUT2D eigenvalue weighted by Gasteiger charge is 2.37. The van der Waals surface area contributed by atoms with Gasteiger partial charge >= 0.3 is 0 Å². The molecule has 0 aromatic heterocycles. The van der Waals surface area contributed by atoms with Crippen LogP contribution in [0.4, 0.5) is 0 Å². The normalized spacial score (nSPS) is 26.8. The van der Waals surface area contributed by atoms with Crippen LogP contribution < -0.4 is 5.32 Å². The molecule has 1 atom stereocenters. The van der Waals surface area contributed by atoms with E-state index in [0.717, 1.165) is 12.5 Å². The van der Waals surface area contributed by atoms with Crippen molar-refractivity contribution in [2.24, 2.45) is 5.92 Å². The van der Waals surface area contributed by atoms with E-state index in [1.807, 2.05) is 0 Å². The molecule has 2 heteroatoms. The second-order valence-corrected chi connectivity index (χ2v) is 5.39. The molecule has 1 N–H and O–H groups in total. The number of hydrogen-bond donors (Lipinski definition) is 1. The highest BCUT2D eigenvalue weighted by molar-refractivity contribution is 4.93. The summed E-state index contributed by atoms with van der Waals surface area (Å²) in [6.07, 6.45) is 5.41. The summed E-state index contributed by atoms with van der Waals surface area (Å²) in [4.78, 5) is 2.70. The Labute approximate surface area is 95.4 Å². The first-order valence-corrected chi connectivity index (χ1v) is 6.52. The van der Waals surface area contributed by atoms with E-state index in [0.29, 0.717) is 5.54 Å². The Balaban J connectivity index is 2.55. The molecule has 0 radical (unpaired) electrons. The average molecular weight is 212 g/mol. The second-order valence-electron chi connectivity index (χ2n) is 5.39. The van der Waals surface area contributed by atoms with E-state index in [1.54, 1.807) is 0 Å². The zero-order valence-electron chi connectivity index (χ0n) is 11.0. The van der Waals surface area contributed by atoms with Gasteiger partial charge in [-0.25, -0.2) is 0 Å². The molecule has 0 aliphatic carbocycles. The summed E-state index contributed by atoms with van der Waals surface area (Å²) in [6.45, 7) is 10.9. The van der Waals surface area contributed by atoms with E-state index in [9.17, 15) is 0 Å². The minimum atomic E-state index is 0.385. The fourth-order valence-electron chi connectivity index (χ4n) is 2.78. The van der Waals surface area contributed by atoms with Crippen LogP contribution in [0.2, 0.25) is 0 Å². The predicted octanol–water partition coefficient (Wildman–Crippen LogP) is 2.50. The van der Waals surface area contributed by atoms with Crippen molar-refractivity contribution in [1.29, 1.82) is 0 Å². The maximum atomic E-state index is 3.34. The molecule has 0 saturated carbocycles. The lowest BCUT2D eigenvalue weighted by atomic mass is 9.79. The van der Waals surface area contributed by atoms with Crippen LogP contribution in [-0.2, 0) is 0 Å². The molecule has 1 aliphatic rings. The van der Waals surface area contributed by atoms with Crippen molar-refractivity contribution in [2.45, 2.75) is 52.0 Å². The van der Waals surface area contributed by atoms with Gasteiger partial charge in [-0.3, -0.25) is 4.90 Å². The van der Waals surface area contributed by atoms with Gasteiger partial charge in [0.15, 0.2) is 0 Å². The quantitative estimate of drug-likeness (QED) is 0.753. The third-order valence-corrected chi connectivity index (χ3v) is 4.03. The smallest absolute Gasteiger partial charge is 0.0193 e. The van der Waals surface area contributed by atoms with Gasteiger partial charge in [0.05, 0.1) is 0 Å². The zero-order valence-corrected chi connectivity index (χ0v) is 11.0. The summed E-state index contributed by atoms with van der Waals surface area (Å²) in [5.74, 6) is 0.813. The number of nitrogens with zero attached hydrogens (tertiary/aromatic N) is 1. The maximum absolute atomic E-state index is 3.34. The summed E-state index contributed by atoms with van der Waals surface area (Å²) < 4.78 is 0. The number of unbranched alkanes of at least 4 members (excludes halogenated alkanes) is 1. The monoisotopic (exact) mass is 212 g/mol. The standard InChI is InChI=1S/C13H28N2/c1-5-6-9-15-10-7-8-12(11-14-4)13(15,2)3/h12,14H,5-11H2,1-4H3. The first-order chi connectivity index (χ1) is 7.12. The van der Waals surface area contributed by atoms with E-state index in [-0.39, 0.29) is 0 Å². The number of hydrogen-bond acceptors (Lipinski definition) is 2. The predicted molar refractivity (Wildman–Crippen MR) is 67.2 cm³/mol. The van der Waals surface area contributed by atoms with Crippen LogP contribution in [0.5, 0.6) is 0 Å². The van der Waals surface area contributed by atoms with Crippen LogP contribution in [0.3, 0.4) is 0 Å². The van der Waals surface area contributed by atoms with Gasteiger partial charge in [-0.15, -0.1) is 0 Å². The summed E-state index contributed by atoms with van der Waals surface area (Å²) in [6, 6.07) is 0. The Kier molecular flexibility index (Phi) is 5.07. The van der Waals surface area contributed by atoms with Gasteiger partial charge < -0.3 is 5.32 Å². The Bertz CT molecular complexity index is 175. The highest BCUT2D eigenvalue weighted by atomic mass is 15.2. The van der Waals surface area contributed by atoms with Gasteiger partial charge in [0.1, 0.15) is 0 Å². The summed E-state index contributed by atoms with van der Waals surface area (Å²) in [7, 11) is 2.07. The molecule has 1 unspecified atom stereocenters. The summed E-state index contributed by atoms with van der Waals surface area (Å²) in [5.41, 5.74) is 0.385. The Morgan fingerprint density at radius 2 is 2.13 bits per heavy atom. The third kappa shape index (κ3) is 3.18. The molecule has 0 aromatic carbocycles. The molecule has 0 aromatic rings. The lowest BCUT2D eigenvalue weighted by Crippen LogP contribution is -2.55. The molecular formula is C13H28N2. The lowest BCUT2D eigenvalue weighted by molar-refractivity contribution is 0.0219. The van der Waals surface area contributed by atoms with Crippen molar-refractivity contribution in [3.8, 4) is 0 Å². The Morgan fingerprint density at radius 1 is 1.40 bits per heavy atom. The van der Waals surface area contributed by atoms with Crippen LogP contribution in [-0.4, -0.2) is 37.1 Å². The SMILES string of the molecule is CCCCN1CCCC(CNC)C1(C)C. The van der Waals surface area contributed by atoms with Crippen molar-refractivity contribution >= 4 is 0 Å². The van der Waals surface area contributed by atoms with Crippen molar-refractivity contribution in [3.63, 3.8) is 0 Å². The maximum Gasteiger partial charge on any atom is 0.0193 e. The summed E-state index contributed by atoms with van der Waals surface area (Å²) in [5, 5.41) is 3.34. The molecule has 1 saturated heterocycles. The first-order valence-electron chi connectivity index (χ1n) is 6.52. The molecule has 0 spiro atoms. The van der Waals surface area contributed by atoms with Crippen molar-refractivity contribution < 1.29 is 0 Å². The highest BCUT2D eigenvalue weighted by Crippen LogP contribution is 2.32. The van der Waals surface area contributed by atoms with Gasteiger partial charge in [0, 0.05) is 5.54 Å². The van der Waals surface area contributed by atoms with Gasteiger partial charge in [0.25, 0.3) is 0 Å². The van der Waals surface area contributed by atoms with Crippen LogP contribution >= 0.6 is 0 Å². The fourth-order valence-corrected chi connectivity index (χ4v) is 2.78. The van der Waals surface area contributed by atoms with E-state index in [2.05, 4.69) is 38.0 Å². The second kappa shape index (κ2) is 5.86. The van der Waals surface area contributed by atoms with Crippen molar-refractivity contribution in [3.05, 3.63) is 0 Å². The molecule has 15 heavy (non-hydrogen) atoms. The zero-order chi connectivity index (χ0) is 11.3. The van der Waals surface area contributed by atoms with Crippen LogP contribution in [0.1, 0.15) is 46.5 Å². The third-order valence-electron chi connectivity index (χ3n) is 4.03. The van der Waals surface area contributed by atoms with Crippen LogP contribution in [0.15, 0.2) is 0 Å². The minimum absolute atomic E-state index is 0.385. The van der Waals surface area contributed by atoms with E-state index in [1.165, 1.54) is 38.8 Å². The molecule has 1 rings (SSSR count). The molecule has 0 bridgehead atoms. The van der Waals surface area contributed by atoms with Crippen molar-refractivity contribution in [2.75, 3.05) is 26.7 Å². The van der Waals surface area contributed by atoms with Gasteiger partial charge in [0.2, 0.25) is 0 Å².